The van der Waals surface area contributed by atoms with E-state index in [0.29, 0.717) is 11.8 Å². The predicted molar refractivity (Wildman–Crippen MR) is 79.1 cm³/mol. The topological polar surface area (TPSA) is 18.5 Å². The average Bonchev–Trinajstić information content (AvgIpc) is 2.22. The lowest BCUT2D eigenvalue weighted by atomic mass is 9.77. The molecular formula is C17H28O2. The Bertz CT molecular complexity index is 332. The third-order valence-corrected chi connectivity index (χ3v) is 3.46. The van der Waals surface area contributed by atoms with E-state index in [1.54, 1.807) is 0 Å². The zero-order chi connectivity index (χ0) is 14.3. The predicted octanol–water partition coefficient (Wildman–Crippen LogP) is 4.12. The Morgan fingerprint density at radius 3 is 1.37 bits per heavy atom. The van der Waals surface area contributed by atoms with Gasteiger partial charge in [-0.2, -0.15) is 0 Å². The van der Waals surface area contributed by atoms with Crippen LogP contribution < -0.4 is 0 Å². The van der Waals surface area contributed by atoms with Crippen molar-refractivity contribution in [1.82, 2.24) is 0 Å². The normalized spacial score (nSPS) is 34.6. The second-order valence-corrected chi connectivity index (χ2v) is 7.72. The summed E-state index contributed by atoms with van der Waals surface area (Å²) in [6, 6.07) is 0. The Morgan fingerprint density at radius 2 is 1.05 bits per heavy atom. The van der Waals surface area contributed by atoms with Crippen molar-refractivity contribution in [2.45, 2.75) is 71.4 Å². The minimum Gasteiger partial charge on any atom is -0.368 e. The van der Waals surface area contributed by atoms with Gasteiger partial charge in [-0.25, -0.2) is 0 Å². The van der Waals surface area contributed by atoms with E-state index in [1.807, 2.05) is 0 Å². The monoisotopic (exact) mass is 264 g/mol. The van der Waals surface area contributed by atoms with Crippen molar-refractivity contribution in [2.24, 2.45) is 11.8 Å². The summed E-state index contributed by atoms with van der Waals surface area (Å²) >= 11 is 0. The van der Waals surface area contributed by atoms with Gasteiger partial charge in [0.2, 0.25) is 0 Å². The Morgan fingerprint density at radius 1 is 0.684 bits per heavy atom. The van der Waals surface area contributed by atoms with E-state index in [9.17, 15) is 0 Å². The third-order valence-electron chi connectivity index (χ3n) is 3.46. The molecule has 0 radical (unpaired) electrons. The average molecular weight is 264 g/mol. The molecular weight excluding hydrogens is 236 g/mol. The molecule has 4 atom stereocenters. The number of rotatable bonds is 2. The summed E-state index contributed by atoms with van der Waals surface area (Å²) < 4.78 is 12.2. The Balaban J connectivity index is 2.04. The molecule has 0 saturated heterocycles. The van der Waals surface area contributed by atoms with Gasteiger partial charge in [0.15, 0.2) is 0 Å². The highest BCUT2D eigenvalue weighted by molar-refractivity contribution is 5.18. The van der Waals surface area contributed by atoms with Gasteiger partial charge in [-0.15, -0.1) is 0 Å². The van der Waals surface area contributed by atoms with Crippen molar-refractivity contribution in [3.63, 3.8) is 0 Å². The van der Waals surface area contributed by atoms with E-state index >= 15 is 0 Å². The number of ether oxygens (including phenoxy) is 2. The van der Waals surface area contributed by atoms with Gasteiger partial charge in [0, 0.05) is 11.8 Å². The lowest BCUT2D eigenvalue weighted by Crippen LogP contribution is -2.40. The van der Waals surface area contributed by atoms with Gasteiger partial charge in [0.1, 0.15) is 0 Å². The first-order valence-corrected chi connectivity index (χ1v) is 7.36. The lowest BCUT2D eigenvalue weighted by Gasteiger charge is -2.40. The molecule has 0 spiro atoms. The van der Waals surface area contributed by atoms with E-state index < -0.39 is 0 Å². The highest BCUT2D eigenvalue weighted by Crippen LogP contribution is 2.37. The van der Waals surface area contributed by atoms with E-state index in [1.165, 1.54) is 0 Å². The molecule has 0 aromatic heterocycles. The molecule has 108 valence electrons. The molecule has 0 N–H and O–H groups in total. The summed E-state index contributed by atoms with van der Waals surface area (Å²) in [7, 11) is 0. The second-order valence-electron chi connectivity index (χ2n) is 7.72. The van der Waals surface area contributed by atoms with Crippen LogP contribution in [0.2, 0.25) is 0 Å². The molecule has 0 aliphatic heterocycles. The largest absolute Gasteiger partial charge is 0.368 e. The molecule has 2 heteroatoms. The van der Waals surface area contributed by atoms with Crippen molar-refractivity contribution >= 4 is 0 Å². The molecule has 0 fully saturated rings. The van der Waals surface area contributed by atoms with Gasteiger partial charge in [-0.3, -0.25) is 0 Å². The maximum absolute atomic E-state index is 6.12. The highest BCUT2D eigenvalue weighted by atomic mass is 16.5. The van der Waals surface area contributed by atoms with Crippen LogP contribution in [-0.4, -0.2) is 23.4 Å². The standard InChI is InChI=1S/C17H28O2/c1-16(2,3)18-14-9-7-13-11-12(14)8-10-15(13)19-17(4,5)6/h7-10,12-15H,11H2,1-6H3/t12-,13-,14-,15-/m1/s1. The first-order valence-electron chi connectivity index (χ1n) is 7.36. The van der Waals surface area contributed by atoms with Crippen LogP contribution in [0, 0.1) is 11.8 Å². The van der Waals surface area contributed by atoms with E-state index in [0.717, 1.165) is 6.42 Å². The fraction of sp³-hybridized carbons (Fsp3) is 0.765. The van der Waals surface area contributed by atoms with Gasteiger partial charge in [-0.05, 0) is 48.0 Å². The van der Waals surface area contributed by atoms with Crippen LogP contribution in [0.4, 0.5) is 0 Å². The van der Waals surface area contributed by atoms with Crippen molar-refractivity contribution < 1.29 is 9.47 Å². The van der Waals surface area contributed by atoms with E-state index in [4.69, 9.17) is 9.47 Å². The van der Waals surface area contributed by atoms with Gasteiger partial charge in [0.25, 0.3) is 0 Å². The molecule has 0 aromatic carbocycles. The number of fused-ring (bicyclic) bond motifs is 2. The molecule has 2 rings (SSSR count). The lowest BCUT2D eigenvalue weighted by molar-refractivity contribution is -0.0842. The summed E-state index contributed by atoms with van der Waals surface area (Å²) in [6.45, 7) is 12.7. The molecule has 19 heavy (non-hydrogen) atoms. The van der Waals surface area contributed by atoms with Crippen LogP contribution in [0.1, 0.15) is 48.0 Å². The van der Waals surface area contributed by atoms with Crippen LogP contribution in [-0.2, 0) is 9.47 Å². The molecule has 0 saturated carbocycles. The first kappa shape index (κ1) is 14.8. The summed E-state index contributed by atoms with van der Waals surface area (Å²) in [4.78, 5) is 0. The van der Waals surface area contributed by atoms with E-state index in [-0.39, 0.29) is 23.4 Å². The molecule has 2 aliphatic carbocycles. The Kier molecular flexibility index (Phi) is 3.95. The fourth-order valence-corrected chi connectivity index (χ4v) is 2.82. The van der Waals surface area contributed by atoms with Crippen LogP contribution >= 0.6 is 0 Å². The summed E-state index contributed by atoms with van der Waals surface area (Å²) in [5, 5.41) is 0. The van der Waals surface area contributed by atoms with Crippen molar-refractivity contribution in [3.05, 3.63) is 24.3 Å². The minimum absolute atomic E-state index is 0.0888. The first-order chi connectivity index (χ1) is 8.64. The summed E-state index contributed by atoms with van der Waals surface area (Å²) in [6.07, 6.45) is 10.6. The zero-order valence-electron chi connectivity index (χ0n) is 13.1. The van der Waals surface area contributed by atoms with Crippen molar-refractivity contribution in [1.29, 1.82) is 0 Å². The smallest absolute Gasteiger partial charge is 0.0825 e. The zero-order valence-corrected chi connectivity index (χ0v) is 13.1. The molecule has 0 aromatic rings. The maximum Gasteiger partial charge on any atom is 0.0825 e. The maximum atomic E-state index is 6.12. The van der Waals surface area contributed by atoms with Gasteiger partial charge in [-0.1, -0.05) is 24.3 Å². The van der Waals surface area contributed by atoms with Crippen molar-refractivity contribution in [2.75, 3.05) is 0 Å². The number of hydrogen-bond donors (Lipinski definition) is 0. The van der Waals surface area contributed by atoms with Gasteiger partial charge < -0.3 is 9.47 Å². The highest BCUT2D eigenvalue weighted by Gasteiger charge is 2.36. The van der Waals surface area contributed by atoms with Crippen LogP contribution in [0.25, 0.3) is 0 Å². The van der Waals surface area contributed by atoms with Crippen LogP contribution in [0.15, 0.2) is 24.3 Å². The van der Waals surface area contributed by atoms with Crippen LogP contribution in [0.5, 0.6) is 0 Å². The third kappa shape index (κ3) is 4.19. The molecule has 2 bridgehead atoms. The fourth-order valence-electron chi connectivity index (χ4n) is 2.82. The minimum atomic E-state index is -0.0888. The van der Waals surface area contributed by atoms with Crippen LogP contribution in [0.3, 0.4) is 0 Å². The quantitative estimate of drug-likeness (QED) is 0.699. The Hall–Kier alpha value is -0.600. The Labute approximate surface area is 117 Å². The van der Waals surface area contributed by atoms with E-state index in [2.05, 4.69) is 65.8 Å². The number of hydrogen-bond acceptors (Lipinski definition) is 2. The molecule has 0 amide bonds. The SMILES string of the molecule is CC(C)(C)O[C@@H]1C=C[C@@H]2C[C@H]1C=C[C@H]2OC(C)(C)C. The summed E-state index contributed by atoms with van der Waals surface area (Å²) in [5.74, 6) is 0.989. The van der Waals surface area contributed by atoms with Gasteiger partial charge >= 0.3 is 0 Å². The van der Waals surface area contributed by atoms with Crippen molar-refractivity contribution in [3.8, 4) is 0 Å². The molecule has 0 heterocycles. The molecule has 2 nitrogen and oxygen atoms in total. The molecule has 2 aliphatic rings. The second kappa shape index (κ2) is 5.06. The molecule has 0 unspecified atom stereocenters. The van der Waals surface area contributed by atoms with Gasteiger partial charge in [0.05, 0.1) is 23.4 Å². The summed E-state index contributed by atoms with van der Waals surface area (Å²) in [5.41, 5.74) is -0.178.